The molecule has 0 radical (unpaired) electrons. The average molecular weight is 221 g/mol. The van der Waals surface area contributed by atoms with Crippen molar-refractivity contribution in [2.24, 2.45) is 0 Å². The smallest absolute Gasteiger partial charge is 0.304 e. The second-order valence-electron chi connectivity index (χ2n) is 3.69. The predicted molar refractivity (Wildman–Crippen MR) is 60.0 cm³/mol. The van der Waals surface area contributed by atoms with Crippen molar-refractivity contribution in [2.45, 2.75) is 13.2 Å². The number of carbonyl (C=O) groups is 1. The highest BCUT2D eigenvalue weighted by atomic mass is 16.6. The van der Waals surface area contributed by atoms with Crippen LogP contribution >= 0.6 is 0 Å². The molecule has 0 aromatic carbocycles. The quantitative estimate of drug-likeness (QED) is 0.732. The molecule has 0 bridgehead atoms. The highest BCUT2D eigenvalue weighted by Gasteiger charge is 2.21. The molecular formula is C11H15N3O2. The van der Waals surface area contributed by atoms with Crippen molar-refractivity contribution in [3.8, 4) is 0 Å². The summed E-state index contributed by atoms with van der Waals surface area (Å²) in [5.41, 5.74) is 0. The Kier molecular flexibility index (Phi) is 3.36. The van der Waals surface area contributed by atoms with E-state index in [0.717, 1.165) is 18.9 Å². The topological polar surface area (TPSA) is 54.5 Å². The van der Waals surface area contributed by atoms with Crippen molar-refractivity contribution in [1.82, 2.24) is 10.3 Å². The lowest BCUT2D eigenvalue weighted by atomic mass is 10.3. The first-order valence-corrected chi connectivity index (χ1v) is 5.32. The van der Waals surface area contributed by atoms with Gasteiger partial charge in [-0.05, 0) is 12.1 Å². The molecule has 5 nitrogen and oxygen atoms in total. The molecule has 0 spiro atoms. The minimum absolute atomic E-state index is 0.242. The van der Waals surface area contributed by atoms with Crippen molar-refractivity contribution in [3.63, 3.8) is 0 Å². The van der Waals surface area contributed by atoms with Gasteiger partial charge in [-0.15, -0.1) is 0 Å². The van der Waals surface area contributed by atoms with Gasteiger partial charge in [0.15, 0.2) is 6.23 Å². The van der Waals surface area contributed by atoms with Crippen LogP contribution in [0.1, 0.15) is 6.92 Å². The molecule has 2 heterocycles. The highest BCUT2D eigenvalue weighted by molar-refractivity contribution is 5.66. The number of carbonyl (C=O) groups excluding carboxylic acids is 1. The molecule has 1 saturated heterocycles. The molecule has 1 fully saturated rings. The fraction of sp³-hybridized carbons (Fsp3) is 0.455. The van der Waals surface area contributed by atoms with Gasteiger partial charge in [0.1, 0.15) is 5.82 Å². The molecule has 1 aliphatic heterocycles. The zero-order valence-electron chi connectivity index (χ0n) is 9.22. The minimum atomic E-state index is -0.264. The van der Waals surface area contributed by atoms with Crippen molar-refractivity contribution in [3.05, 3.63) is 24.4 Å². The van der Waals surface area contributed by atoms with Gasteiger partial charge >= 0.3 is 5.97 Å². The first kappa shape index (κ1) is 10.9. The lowest BCUT2D eigenvalue weighted by Gasteiger charge is -2.33. The second-order valence-corrected chi connectivity index (χ2v) is 3.69. The van der Waals surface area contributed by atoms with Crippen LogP contribution in [0.3, 0.4) is 0 Å². The normalized spacial score (nSPS) is 20.6. The summed E-state index contributed by atoms with van der Waals surface area (Å²) in [7, 11) is 0. The van der Waals surface area contributed by atoms with Crippen LogP contribution in [0.2, 0.25) is 0 Å². The van der Waals surface area contributed by atoms with Gasteiger partial charge in [0.25, 0.3) is 0 Å². The summed E-state index contributed by atoms with van der Waals surface area (Å²) in [5, 5.41) is 3.14. The lowest BCUT2D eigenvalue weighted by Crippen LogP contribution is -2.52. The summed E-state index contributed by atoms with van der Waals surface area (Å²) >= 11 is 0. The Hall–Kier alpha value is -1.62. The van der Waals surface area contributed by atoms with Crippen LogP contribution in [0, 0.1) is 0 Å². The molecule has 1 unspecified atom stereocenters. The summed E-state index contributed by atoms with van der Waals surface area (Å²) in [6.45, 7) is 3.71. The van der Waals surface area contributed by atoms with Crippen LogP contribution in [0.25, 0.3) is 0 Å². The molecule has 2 rings (SSSR count). The maximum Gasteiger partial charge on any atom is 0.304 e. The molecule has 86 valence electrons. The standard InChI is InChI=1S/C11H15N3O2/c1-9(15)16-11-8-14(7-6-13-11)10-4-2-3-5-12-10/h2-5,11,13H,6-8H2,1H3. The van der Waals surface area contributed by atoms with E-state index in [9.17, 15) is 4.79 Å². The number of pyridine rings is 1. The zero-order chi connectivity index (χ0) is 11.4. The van der Waals surface area contributed by atoms with Crippen LogP contribution in [0.15, 0.2) is 24.4 Å². The van der Waals surface area contributed by atoms with Crippen LogP contribution < -0.4 is 10.2 Å². The third-order valence-corrected chi connectivity index (χ3v) is 2.42. The largest absolute Gasteiger partial charge is 0.445 e. The van der Waals surface area contributed by atoms with Gasteiger partial charge < -0.3 is 9.64 Å². The first-order valence-electron chi connectivity index (χ1n) is 5.32. The summed E-state index contributed by atoms with van der Waals surface area (Å²) < 4.78 is 5.12. The number of ether oxygens (including phenoxy) is 1. The van der Waals surface area contributed by atoms with Gasteiger partial charge in [-0.2, -0.15) is 0 Å². The fourth-order valence-electron chi connectivity index (χ4n) is 1.74. The van der Waals surface area contributed by atoms with E-state index >= 15 is 0 Å². The van der Waals surface area contributed by atoms with Gasteiger partial charge in [0.2, 0.25) is 0 Å². The molecule has 0 amide bonds. The molecular weight excluding hydrogens is 206 g/mol. The monoisotopic (exact) mass is 221 g/mol. The maximum absolute atomic E-state index is 10.9. The number of hydrogen-bond acceptors (Lipinski definition) is 5. The average Bonchev–Trinajstić information content (AvgIpc) is 2.30. The Morgan fingerprint density at radius 3 is 3.19 bits per heavy atom. The molecule has 1 aromatic rings. The maximum atomic E-state index is 10.9. The Morgan fingerprint density at radius 1 is 1.62 bits per heavy atom. The summed E-state index contributed by atoms with van der Waals surface area (Å²) in [6.07, 6.45) is 1.52. The third-order valence-electron chi connectivity index (χ3n) is 2.42. The van der Waals surface area contributed by atoms with E-state index in [2.05, 4.69) is 15.2 Å². The van der Waals surface area contributed by atoms with Gasteiger partial charge in [0, 0.05) is 26.2 Å². The van der Waals surface area contributed by atoms with E-state index < -0.39 is 0 Å². The molecule has 1 N–H and O–H groups in total. The fourth-order valence-corrected chi connectivity index (χ4v) is 1.74. The van der Waals surface area contributed by atoms with Gasteiger partial charge in [0.05, 0.1) is 6.54 Å². The SMILES string of the molecule is CC(=O)OC1CN(c2ccccn2)CCN1. The molecule has 16 heavy (non-hydrogen) atoms. The molecule has 1 aromatic heterocycles. The van der Waals surface area contributed by atoms with E-state index in [4.69, 9.17) is 4.74 Å². The van der Waals surface area contributed by atoms with Gasteiger partial charge in [-0.3, -0.25) is 10.1 Å². The molecule has 5 heteroatoms. The van der Waals surface area contributed by atoms with Gasteiger partial charge in [-0.1, -0.05) is 6.07 Å². The van der Waals surface area contributed by atoms with E-state index in [-0.39, 0.29) is 12.2 Å². The number of esters is 1. The third kappa shape index (κ3) is 2.70. The Labute approximate surface area is 94.4 Å². The van der Waals surface area contributed by atoms with E-state index in [1.54, 1.807) is 6.20 Å². The van der Waals surface area contributed by atoms with Crippen molar-refractivity contribution in [2.75, 3.05) is 24.5 Å². The number of nitrogens with zero attached hydrogens (tertiary/aromatic N) is 2. The Morgan fingerprint density at radius 2 is 2.50 bits per heavy atom. The molecule has 0 saturated carbocycles. The Balaban J connectivity index is 1.99. The summed E-state index contributed by atoms with van der Waals surface area (Å²) in [4.78, 5) is 17.2. The number of hydrogen-bond donors (Lipinski definition) is 1. The number of piperazine rings is 1. The molecule has 1 atom stereocenters. The van der Waals surface area contributed by atoms with Crippen molar-refractivity contribution >= 4 is 11.8 Å². The van der Waals surface area contributed by atoms with E-state index in [1.807, 2.05) is 18.2 Å². The van der Waals surface area contributed by atoms with Crippen LogP contribution in [-0.4, -0.2) is 36.8 Å². The zero-order valence-corrected chi connectivity index (χ0v) is 9.22. The number of rotatable bonds is 2. The first-order chi connectivity index (χ1) is 7.75. The lowest BCUT2D eigenvalue weighted by molar-refractivity contribution is -0.147. The van der Waals surface area contributed by atoms with Crippen LogP contribution in [-0.2, 0) is 9.53 Å². The van der Waals surface area contributed by atoms with Crippen LogP contribution in [0.4, 0.5) is 5.82 Å². The number of nitrogens with one attached hydrogen (secondary N) is 1. The molecule has 1 aliphatic rings. The van der Waals surface area contributed by atoms with Crippen LogP contribution in [0.5, 0.6) is 0 Å². The van der Waals surface area contributed by atoms with E-state index in [1.165, 1.54) is 6.92 Å². The second kappa shape index (κ2) is 4.94. The minimum Gasteiger partial charge on any atom is -0.445 e. The Bertz CT molecular complexity index is 356. The number of anilines is 1. The number of aromatic nitrogens is 1. The highest BCUT2D eigenvalue weighted by Crippen LogP contribution is 2.12. The van der Waals surface area contributed by atoms with Crippen molar-refractivity contribution < 1.29 is 9.53 Å². The summed E-state index contributed by atoms with van der Waals surface area (Å²) in [5.74, 6) is 0.654. The van der Waals surface area contributed by atoms with Gasteiger partial charge in [-0.25, -0.2) is 4.98 Å². The predicted octanol–water partition coefficient (Wildman–Crippen LogP) is 0.380. The van der Waals surface area contributed by atoms with Crippen molar-refractivity contribution in [1.29, 1.82) is 0 Å². The summed E-state index contributed by atoms with van der Waals surface area (Å²) in [6, 6.07) is 5.79. The molecule has 0 aliphatic carbocycles. The van der Waals surface area contributed by atoms with E-state index in [0.29, 0.717) is 6.54 Å².